The Kier molecular flexibility index (Phi) is 5.46. The van der Waals surface area contributed by atoms with Crippen molar-refractivity contribution >= 4 is 20.0 Å². The largest absolute Gasteiger partial charge is 1.00 e. The van der Waals surface area contributed by atoms with Crippen molar-refractivity contribution in [1.82, 2.24) is 0 Å². The third-order valence-electron chi connectivity index (χ3n) is 1.53. The number of benzene rings is 1. The normalized spacial score (nSPS) is 12.8. The van der Waals surface area contributed by atoms with E-state index in [1.54, 1.807) is 0 Å². The fourth-order valence-electron chi connectivity index (χ4n) is 0.807. The second-order valence-corrected chi connectivity index (χ2v) is 6.21. The van der Waals surface area contributed by atoms with E-state index in [0.29, 0.717) is 0 Å². The predicted octanol–water partition coefficient (Wildman–Crippen LogP) is -1.40. The van der Waals surface area contributed by atoms with Gasteiger partial charge < -0.3 is 4.13 Å². The van der Waals surface area contributed by atoms with E-state index in [-0.39, 0.29) is 18.9 Å². The molecule has 0 N–H and O–H groups in total. The maximum Gasteiger partial charge on any atom is 1.00 e. The second kappa shape index (κ2) is 5.62. The minimum atomic E-state index is -6.07. The van der Waals surface area contributed by atoms with Gasteiger partial charge in [-0.25, -0.2) is 16.8 Å². The van der Waals surface area contributed by atoms with Crippen LogP contribution in [0.3, 0.4) is 0 Å². The van der Waals surface area contributed by atoms with Crippen LogP contribution >= 0.6 is 0 Å². The first-order valence-corrected chi connectivity index (χ1v) is 6.80. The van der Waals surface area contributed by atoms with E-state index in [1.165, 1.54) is 18.2 Å². The van der Waals surface area contributed by atoms with Crippen LogP contribution in [0, 0.1) is 0 Å². The van der Waals surface area contributed by atoms with Gasteiger partial charge in [0.1, 0.15) is 10.0 Å². The molecule has 0 heterocycles. The van der Waals surface area contributed by atoms with Crippen molar-refractivity contribution in [2.24, 2.45) is 0 Å². The SMILES string of the molecule is O=S(=O)([N-]S(=O)(=O)C(F)(F)F)c1ccccc1.[Li+]. The van der Waals surface area contributed by atoms with Gasteiger partial charge in [-0.15, -0.1) is 0 Å². The minimum Gasteiger partial charge on any atom is -0.424 e. The molecule has 0 amide bonds. The summed E-state index contributed by atoms with van der Waals surface area (Å²) in [5.74, 6) is 0. The zero-order valence-corrected chi connectivity index (χ0v) is 10.6. The van der Waals surface area contributed by atoms with E-state index in [0.717, 1.165) is 12.1 Å². The summed E-state index contributed by atoms with van der Waals surface area (Å²) in [6.07, 6.45) is 0. The summed E-state index contributed by atoms with van der Waals surface area (Å²) in [6, 6.07) is 5.73. The number of rotatable bonds is 3. The Labute approximate surface area is 114 Å². The quantitative estimate of drug-likeness (QED) is 0.642. The molecule has 0 unspecified atom stereocenters. The van der Waals surface area contributed by atoms with Gasteiger partial charge in [-0.1, -0.05) is 18.2 Å². The van der Waals surface area contributed by atoms with Crippen LogP contribution in [0.25, 0.3) is 4.13 Å². The Balaban J connectivity index is 0.00000289. The minimum absolute atomic E-state index is 0. The molecule has 0 bridgehead atoms. The fraction of sp³-hybridized carbons (Fsp3) is 0.143. The summed E-state index contributed by atoms with van der Waals surface area (Å²) in [6.45, 7) is 0. The monoisotopic (exact) mass is 295 g/mol. The van der Waals surface area contributed by atoms with Crippen molar-refractivity contribution in [2.75, 3.05) is 0 Å². The van der Waals surface area contributed by atoms with Gasteiger partial charge in [-0.2, -0.15) is 13.2 Å². The smallest absolute Gasteiger partial charge is 0.424 e. The molecule has 18 heavy (non-hydrogen) atoms. The van der Waals surface area contributed by atoms with Gasteiger partial charge in [-0.3, -0.25) is 0 Å². The Morgan fingerprint density at radius 3 is 1.78 bits per heavy atom. The van der Waals surface area contributed by atoms with Gasteiger partial charge in [0.25, 0.3) is 0 Å². The van der Waals surface area contributed by atoms with Crippen molar-refractivity contribution in [3.8, 4) is 0 Å². The van der Waals surface area contributed by atoms with E-state index < -0.39 is 30.5 Å². The zero-order chi connectivity index (χ0) is 13.3. The van der Waals surface area contributed by atoms with Crippen molar-refractivity contribution in [3.63, 3.8) is 0 Å². The van der Waals surface area contributed by atoms with E-state index in [1.807, 2.05) is 4.13 Å². The summed E-state index contributed by atoms with van der Waals surface area (Å²) in [4.78, 5) is -0.632. The molecule has 0 fully saturated rings. The van der Waals surface area contributed by atoms with Gasteiger partial charge in [0.05, 0.1) is 0 Å². The third-order valence-corrected chi connectivity index (χ3v) is 4.55. The number of nitrogens with zero attached hydrogens (tertiary/aromatic N) is 1. The topological polar surface area (TPSA) is 82.4 Å². The third kappa shape index (κ3) is 3.99. The molecular weight excluding hydrogens is 290 g/mol. The number of halogens is 3. The van der Waals surface area contributed by atoms with E-state index in [9.17, 15) is 30.0 Å². The number of sulfonamides is 2. The average molecular weight is 295 g/mol. The second-order valence-electron chi connectivity index (χ2n) is 2.78. The van der Waals surface area contributed by atoms with Crippen LogP contribution in [0.4, 0.5) is 13.2 Å². The molecule has 0 atom stereocenters. The van der Waals surface area contributed by atoms with E-state index in [2.05, 4.69) is 0 Å². The zero-order valence-electron chi connectivity index (χ0n) is 8.92. The molecule has 0 saturated heterocycles. The van der Waals surface area contributed by atoms with Crippen LogP contribution in [0.1, 0.15) is 0 Å². The van der Waals surface area contributed by atoms with Crippen LogP contribution < -0.4 is 18.9 Å². The van der Waals surface area contributed by atoms with Crippen LogP contribution in [0.5, 0.6) is 0 Å². The van der Waals surface area contributed by atoms with Crippen molar-refractivity contribution < 1.29 is 48.9 Å². The Bertz CT molecular complexity index is 597. The van der Waals surface area contributed by atoms with Gasteiger partial charge in [0.2, 0.25) is 0 Å². The number of alkyl halides is 3. The first kappa shape index (κ1) is 17.5. The molecular formula is C7H5F3LiNO4S2. The molecule has 0 aliphatic rings. The van der Waals surface area contributed by atoms with E-state index >= 15 is 0 Å². The van der Waals surface area contributed by atoms with Crippen molar-refractivity contribution in [3.05, 3.63) is 34.5 Å². The Morgan fingerprint density at radius 2 is 1.39 bits per heavy atom. The van der Waals surface area contributed by atoms with Gasteiger partial charge in [0, 0.05) is 4.90 Å². The summed E-state index contributed by atoms with van der Waals surface area (Å²) in [5, 5.41) is 0. The van der Waals surface area contributed by atoms with Crippen LogP contribution in [-0.2, 0) is 20.0 Å². The van der Waals surface area contributed by atoms with Crippen LogP contribution in [-0.4, -0.2) is 22.3 Å². The Hall–Kier alpha value is -0.533. The van der Waals surface area contributed by atoms with E-state index in [4.69, 9.17) is 0 Å². The summed E-state index contributed by atoms with van der Waals surface area (Å²) in [5.41, 5.74) is -5.74. The fourth-order valence-corrected chi connectivity index (χ4v) is 3.02. The molecule has 1 aromatic rings. The molecule has 5 nitrogen and oxygen atoms in total. The molecule has 0 aromatic heterocycles. The molecule has 0 aliphatic heterocycles. The molecule has 96 valence electrons. The first-order chi connectivity index (χ1) is 7.56. The Morgan fingerprint density at radius 1 is 0.944 bits per heavy atom. The standard InChI is InChI=1S/C7H5F3NO4S2.Li/c8-7(9,10)17(14,15)11-16(12,13)6-4-2-1-3-5-6;/h1-5H;/q-1;+1. The van der Waals surface area contributed by atoms with Crippen molar-refractivity contribution in [2.45, 2.75) is 10.4 Å². The van der Waals surface area contributed by atoms with Crippen molar-refractivity contribution in [1.29, 1.82) is 0 Å². The number of hydrogen-bond donors (Lipinski definition) is 0. The molecule has 0 aliphatic carbocycles. The summed E-state index contributed by atoms with van der Waals surface area (Å²) < 4.78 is 81.3. The molecule has 0 spiro atoms. The predicted molar refractivity (Wildman–Crippen MR) is 52.0 cm³/mol. The maximum atomic E-state index is 11.9. The van der Waals surface area contributed by atoms with Gasteiger partial charge in [-0.05, 0) is 12.1 Å². The summed E-state index contributed by atoms with van der Waals surface area (Å²) >= 11 is 0. The molecule has 11 heteroatoms. The van der Waals surface area contributed by atoms with Gasteiger partial charge >= 0.3 is 24.4 Å². The molecule has 0 radical (unpaired) electrons. The maximum absolute atomic E-state index is 11.9. The van der Waals surface area contributed by atoms with Crippen LogP contribution in [0.15, 0.2) is 35.2 Å². The molecule has 1 aromatic carbocycles. The molecule has 1 rings (SSSR count). The summed E-state index contributed by atoms with van der Waals surface area (Å²) in [7, 11) is -11.0. The average Bonchev–Trinajstić information content (AvgIpc) is 2.15. The number of hydrogen-bond acceptors (Lipinski definition) is 4. The molecule has 0 saturated carbocycles. The van der Waals surface area contributed by atoms with Gasteiger partial charge in [0.15, 0.2) is 10.0 Å². The van der Waals surface area contributed by atoms with Crippen LogP contribution in [0.2, 0.25) is 0 Å². The first-order valence-electron chi connectivity index (χ1n) is 3.92.